The van der Waals surface area contributed by atoms with Gasteiger partial charge in [0, 0.05) is 28.2 Å². The first-order valence-corrected chi connectivity index (χ1v) is 34.1. The molecule has 6 amide bonds. The van der Waals surface area contributed by atoms with Crippen molar-refractivity contribution in [3.63, 3.8) is 0 Å². The van der Waals surface area contributed by atoms with Crippen LogP contribution in [0.25, 0.3) is 0 Å². The monoisotopic (exact) mass is 1480 g/mol. The number of ether oxygens (including phenoxy) is 6. The van der Waals surface area contributed by atoms with Gasteiger partial charge in [-0.2, -0.15) is 0 Å². The number of aromatic nitrogens is 3. The molecule has 34 heteroatoms. The fourth-order valence-electron chi connectivity index (χ4n) is 11.3. The summed E-state index contributed by atoms with van der Waals surface area (Å²) in [5.41, 5.74) is 1.93. The zero-order valence-corrected chi connectivity index (χ0v) is 57.2. The van der Waals surface area contributed by atoms with E-state index in [2.05, 4.69) is 88.8 Å². The predicted octanol–water partition coefficient (Wildman–Crippen LogP) is 12.9. The molecule has 21 nitrogen and oxygen atoms in total. The number of rotatable bonds is 25. The van der Waals surface area contributed by atoms with Crippen molar-refractivity contribution >= 4 is 69.5 Å². The number of amides is 6. The number of hydrogen-bond donors (Lipinski definition) is 6. The molecule has 2 bridgehead atoms. The van der Waals surface area contributed by atoms with Gasteiger partial charge < -0.3 is 60.3 Å². The highest BCUT2D eigenvalue weighted by Crippen LogP contribution is 2.61. The van der Waals surface area contributed by atoms with Gasteiger partial charge in [0.25, 0.3) is 35.4 Å². The van der Waals surface area contributed by atoms with Gasteiger partial charge in [0.1, 0.15) is 72.4 Å². The van der Waals surface area contributed by atoms with Crippen LogP contribution in [0.3, 0.4) is 0 Å². The lowest BCUT2D eigenvalue weighted by atomic mass is 9.45. The van der Waals surface area contributed by atoms with Crippen LogP contribution in [0, 0.1) is 34.9 Å². The maximum Gasteiger partial charge on any atom is 0.573 e. The van der Waals surface area contributed by atoms with E-state index in [-0.39, 0.29) is 110 Å². The van der Waals surface area contributed by atoms with Crippen molar-refractivity contribution in [2.45, 2.75) is 130 Å². The lowest BCUT2D eigenvalue weighted by Crippen LogP contribution is -2.60. The summed E-state index contributed by atoms with van der Waals surface area (Å²) in [6.07, 6.45) is -7.74. The average Bonchev–Trinajstić information content (AvgIpc) is 1.10. The summed E-state index contributed by atoms with van der Waals surface area (Å²) in [5, 5.41) is 23.4. The Morgan fingerprint density at radius 2 is 0.861 bits per heavy atom. The standard InChI is InChI=1S/C24H28F3N3O4S.C22H19F4N3O4S.C21H24F3N3O4S/c1-13-17-8-14(23(17,2)3)9-18(13)30-22(32)19-12-35-21(29-19)10-28-20(31)11-33-15-4-6-16(7-5-15)34-24(25,26)27;1-13(14-2-4-15(23)5-3-14)28-21(31)18-12-34-20(29-18)10-27-19(30)11-32-16-6-8-17(9-7-16)33-22(24,25)26;1-13-4-2-3-5-16(13)27-20(29)17-12-32-19(26-17)10-25-18(28)11-30-14-6-8-15(9-7-14)31-21(22,23)24/h4-7,12-14,17-18H,8-11H2,1-3H3,(H,28,31)(H,30,32);2-9,12-13H,10-11H2,1H3,(H,27,30)(H,28,31);6-9,12-13,16H,2-5,10-11H2,1H3,(H,25,28)(H,27,29)/t13-,14+,17-,18-;;/m1../s1. The Hall–Kier alpha value is -9.31. The minimum atomic E-state index is -4.79. The molecule has 0 saturated heterocycles. The second-order valence-corrected chi connectivity index (χ2v) is 27.1. The third kappa shape index (κ3) is 24.8. The summed E-state index contributed by atoms with van der Waals surface area (Å²) in [5.74, 6) is -0.928. The predicted molar refractivity (Wildman–Crippen MR) is 349 cm³/mol. The number of nitrogens with one attached hydrogen (secondary N) is 6. The van der Waals surface area contributed by atoms with Crippen molar-refractivity contribution in [1.82, 2.24) is 46.9 Å². The van der Waals surface area contributed by atoms with Gasteiger partial charge in [-0.05, 0) is 152 Å². The van der Waals surface area contributed by atoms with Gasteiger partial charge in [-0.15, -0.1) is 73.5 Å². The molecule has 101 heavy (non-hydrogen) atoms. The fourth-order valence-corrected chi connectivity index (χ4v) is 13.4. The molecule has 3 unspecified atom stereocenters. The molecule has 4 fully saturated rings. The third-order valence-corrected chi connectivity index (χ3v) is 19.3. The van der Waals surface area contributed by atoms with Crippen LogP contribution < -0.4 is 60.3 Å². The van der Waals surface area contributed by atoms with Gasteiger partial charge in [-0.25, -0.2) is 19.3 Å². The molecule has 0 radical (unpaired) electrons. The van der Waals surface area contributed by atoms with Crippen LogP contribution in [0.4, 0.5) is 43.9 Å². The highest BCUT2D eigenvalue weighted by Gasteiger charge is 2.56. The summed E-state index contributed by atoms with van der Waals surface area (Å²) in [4.78, 5) is 86.3. The quantitative estimate of drug-likeness (QED) is 0.0291. The SMILES string of the molecule is CC(NC(=O)c1csc(CNC(=O)COc2ccc(OC(F)(F)F)cc2)n1)c1ccc(F)cc1.CC1CCCCC1NC(=O)c1csc(CNC(=O)COc2ccc(OC(F)(F)F)cc2)n1.C[C@@H]1[C@H]2C[C@@H](C[C@H]1NC(=O)c1csc(CNC(=O)COc3ccc(OC(F)(F)F)cc3)n1)C2(C)C. The van der Waals surface area contributed by atoms with E-state index in [0.29, 0.717) is 55.5 Å². The number of fused-ring (bicyclic) bond motifs is 2. The van der Waals surface area contributed by atoms with Crippen molar-refractivity contribution in [3.8, 4) is 34.5 Å². The molecular weight excluding hydrogens is 1410 g/mol. The van der Waals surface area contributed by atoms with E-state index in [1.165, 1.54) is 95.4 Å². The Kier molecular flexibility index (Phi) is 26.7. The van der Waals surface area contributed by atoms with Crippen molar-refractivity contribution in [1.29, 1.82) is 0 Å². The van der Waals surface area contributed by atoms with Crippen molar-refractivity contribution < 1.29 is 101 Å². The minimum absolute atomic E-state index is 0.0615. The van der Waals surface area contributed by atoms with E-state index in [4.69, 9.17) is 14.2 Å². The first kappa shape index (κ1) is 77.4. The van der Waals surface area contributed by atoms with Gasteiger partial charge in [0.2, 0.25) is 0 Å². The van der Waals surface area contributed by atoms with E-state index < -0.39 is 48.5 Å². The summed E-state index contributed by atoms with van der Waals surface area (Å²) in [6.45, 7) is 10.1. The van der Waals surface area contributed by atoms with E-state index in [1.807, 2.05) is 0 Å². The van der Waals surface area contributed by atoms with Crippen LogP contribution in [-0.4, -0.2) is 101 Å². The summed E-state index contributed by atoms with van der Waals surface area (Å²) >= 11 is 3.73. The molecule has 7 atom stereocenters. The number of hydrogen-bond acceptors (Lipinski definition) is 18. The first-order chi connectivity index (χ1) is 47.7. The van der Waals surface area contributed by atoms with E-state index >= 15 is 0 Å². The molecule has 11 rings (SSSR count). The Morgan fingerprint density at radius 3 is 1.22 bits per heavy atom. The number of nitrogens with zero attached hydrogens (tertiary/aromatic N) is 3. The molecule has 0 spiro atoms. The van der Waals surface area contributed by atoms with Gasteiger partial charge >= 0.3 is 19.1 Å². The maximum atomic E-state index is 13.0. The number of thiazole rings is 3. The van der Waals surface area contributed by atoms with Crippen LogP contribution in [-0.2, 0) is 34.0 Å². The Labute approximate surface area is 584 Å². The maximum absolute atomic E-state index is 13.0. The first-order valence-electron chi connectivity index (χ1n) is 31.5. The molecule has 4 aliphatic carbocycles. The van der Waals surface area contributed by atoms with E-state index in [1.54, 1.807) is 35.2 Å². The number of benzene rings is 4. The number of alkyl halides is 9. The number of halogens is 10. The number of carbonyl (C=O) groups excluding carboxylic acids is 6. The van der Waals surface area contributed by atoms with Crippen molar-refractivity contribution in [2.75, 3.05) is 19.8 Å². The molecule has 4 aromatic carbocycles. The van der Waals surface area contributed by atoms with E-state index in [0.717, 1.165) is 67.6 Å². The zero-order chi connectivity index (χ0) is 73.2. The Bertz CT molecular complexity index is 3900. The van der Waals surface area contributed by atoms with Crippen molar-refractivity contribution in [2.24, 2.45) is 29.1 Å². The van der Waals surface area contributed by atoms with Crippen LogP contribution >= 0.6 is 34.0 Å². The van der Waals surface area contributed by atoms with Crippen LogP contribution in [0.15, 0.2) is 113 Å². The van der Waals surface area contributed by atoms with Gasteiger partial charge in [0.15, 0.2) is 19.8 Å². The molecule has 4 aliphatic rings. The molecular formula is C67H71F10N9O12S3. The van der Waals surface area contributed by atoms with Gasteiger partial charge in [-0.1, -0.05) is 52.7 Å². The average molecular weight is 1480 g/mol. The molecule has 3 heterocycles. The zero-order valence-electron chi connectivity index (χ0n) is 54.7. The topological polar surface area (TPSA) is 269 Å². The molecule has 7 aromatic rings. The molecule has 4 saturated carbocycles. The second kappa shape index (κ2) is 34.8. The molecule has 544 valence electrons. The van der Waals surface area contributed by atoms with Crippen LogP contribution in [0.1, 0.15) is 131 Å². The summed E-state index contributed by atoms with van der Waals surface area (Å²) < 4.78 is 150. The Morgan fingerprint density at radius 1 is 0.505 bits per heavy atom. The smallest absolute Gasteiger partial charge is 0.484 e. The minimum Gasteiger partial charge on any atom is -0.484 e. The van der Waals surface area contributed by atoms with Crippen LogP contribution in [0.5, 0.6) is 34.5 Å². The molecule has 0 aliphatic heterocycles. The molecule has 6 N–H and O–H groups in total. The van der Waals surface area contributed by atoms with Crippen LogP contribution in [0.2, 0.25) is 0 Å². The third-order valence-electron chi connectivity index (χ3n) is 16.8. The summed E-state index contributed by atoms with van der Waals surface area (Å²) in [7, 11) is 0. The Balaban J connectivity index is 0.000000193. The highest BCUT2D eigenvalue weighted by atomic mass is 32.1. The number of carbonyl (C=O) groups is 6. The summed E-state index contributed by atoms with van der Waals surface area (Å²) in [6, 6.07) is 19.8. The van der Waals surface area contributed by atoms with Gasteiger partial charge in [0.05, 0.1) is 25.7 Å². The highest BCUT2D eigenvalue weighted by molar-refractivity contribution is 7.10. The molecule has 3 aromatic heterocycles. The second-order valence-electron chi connectivity index (χ2n) is 24.3. The van der Waals surface area contributed by atoms with Gasteiger partial charge in [-0.3, -0.25) is 28.8 Å². The lowest BCUT2D eigenvalue weighted by Gasteiger charge is -2.62. The van der Waals surface area contributed by atoms with Crippen molar-refractivity contribution in [3.05, 3.63) is 157 Å². The normalized spacial score (nSPS) is 18.5. The largest absolute Gasteiger partial charge is 0.573 e. The fraction of sp³-hybridized carbons (Fsp3) is 0.418. The lowest BCUT2D eigenvalue weighted by molar-refractivity contribution is -0.275. The van der Waals surface area contributed by atoms with E-state index in [9.17, 15) is 72.7 Å².